The Kier molecular flexibility index (Phi) is 4.27. The molecule has 1 aromatic rings. The Labute approximate surface area is 80.0 Å². The van der Waals surface area contributed by atoms with E-state index in [1.165, 1.54) is 11.1 Å². The molecule has 1 heteroatoms. The van der Waals surface area contributed by atoms with Crippen molar-refractivity contribution in [3.63, 3.8) is 0 Å². The number of hydrogen-bond donors (Lipinski definition) is 0. The fraction of sp³-hybridized carbons (Fsp3) is 0.333. The molecule has 0 radical (unpaired) electrons. The molecule has 1 aliphatic heterocycles. The van der Waals surface area contributed by atoms with Crippen molar-refractivity contribution in [3.8, 4) is 0 Å². The Hall–Kier alpha value is -1.08. The number of aryl methyl sites for hydroxylation is 2. The van der Waals surface area contributed by atoms with E-state index < -0.39 is 0 Å². The molecule has 0 saturated heterocycles. The first-order valence-electron chi connectivity index (χ1n) is 4.55. The van der Waals surface area contributed by atoms with Crippen LogP contribution in [-0.2, 0) is 4.74 Å². The molecular formula is C12H16O. The van der Waals surface area contributed by atoms with Gasteiger partial charge in [-0.3, -0.25) is 0 Å². The second-order valence-corrected chi connectivity index (χ2v) is 3.16. The van der Waals surface area contributed by atoms with Gasteiger partial charge in [-0.2, -0.15) is 0 Å². The maximum atomic E-state index is 4.83. The molecule has 0 unspecified atom stereocenters. The third-order valence-electron chi connectivity index (χ3n) is 1.81. The highest BCUT2D eigenvalue weighted by Gasteiger charge is 1.83. The van der Waals surface area contributed by atoms with Gasteiger partial charge >= 0.3 is 0 Å². The Morgan fingerprint density at radius 1 is 0.846 bits per heavy atom. The first kappa shape index (κ1) is 10.0. The van der Waals surface area contributed by atoms with E-state index in [-0.39, 0.29) is 0 Å². The Balaban J connectivity index is 0.000000145. The highest BCUT2D eigenvalue weighted by molar-refractivity contribution is 5.19. The monoisotopic (exact) mass is 176 g/mol. The van der Waals surface area contributed by atoms with Crippen LogP contribution in [-0.4, -0.2) is 13.2 Å². The number of ether oxygens (including phenoxy) is 1. The molecule has 2 rings (SSSR count). The lowest BCUT2D eigenvalue weighted by molar-refractivity contribution is 0.213. The van der Waals surface area contributed by atoms with Gasteiger partial charge in [-0.05, 0) is 13.8 Å². The second kappa shape index (κ2) is 5.55. The Morgan fingerprint density at radius 3 is 1.46 bits per heavy atom. The van der Waals surface area contributed by atoms with Gasteiger partial charge < -0.3 is 4.74 Å². The molecule has 0 N–H and O–H groups in total. The third kappa shape index (κ3) is 4.48. The van der Waals surface area contributed by atoms with E-state index in [0.29, 0.717) is 0 Å². The molecule has 0 saturated carbocycles. The predicted octanol–water partition coefficient (Wildman–Crippen LogP) is 2.88. The zero-order valence-corrected chi connectivity index (χ0v) is 8.29. The number of rotatable bonds is 0. The smallest absolute Gasteiger partial charge is 0.0652 e. The van der Waals surface area contributed by atoms with Crippen LogP contribution in [0.4, 0.5) is 0 Å². The van der Waals surface area contributed by atoms with E-state index in [4.69, 9.17) is 4.74 Å². The lowest BCUT2D eigenvalue weighted by Gasteiger charge is -1.90. The van der Waals surface area contributed by atoms with Crippen LogP contribution < -0.4 is 0 Å². The van der Waals surface area contributed by atoms with E-state index in [1.54, 1.807) is 0 Å². The van der Waals surface area contributed by atoms with Crippen molar-refractivity contribution in [3.05, 3.63) is 47.5 Å². The van der Waals surface area contributed by atoms with Crippen LogP contribution >= 0.6 is 0 Å². The minimum atomic E-state index is 0.819. The lowest BCUT2D eigenvalue weighted by Crippen LogP contribution is -1.76. The summed E-state index contributed by atoms with van der Waals surface area (Å²) in [5.74, 6) is 0. The van der Waals surface area contributed by atoms with Crippen molar-refractivity contribution < 1.29 is 4.74 Å². The van der Waals surface area contributed by atoms with E-state index in [2.05, 4.69) is 38.1 Å². The van der Waals surface area contributed by atoms with Gasteiger partial charge in [-0.25, -0.2) is 0 Å². The number of hydrogen-bond acceptors (Lipinski definition) is 1. The molecular weight excluding hydrogens is 160 g/mol. The van der Waals surface area contributed by atoms with E-state index >= 15 is 0 Å². The van der Waals surface area contributed by atoms with Crippen LogP contribution in [0.3, 0.4) is 0 Å². The first-order chi connectivity index (χ1) is 6.29. The fourth-order valence-electron chi connectivity index (χ4n) is 0.977. The van der Waals surface area contributed by atoms with Crippen LogP contribution in [0.2, 0.25) is 0 Å². The molecule has 0 atom stereocenters. The van der Waals surface area contributed by atoms with Gasteiger partial charge in [0.15, 0.2) is 0 Å². The molecule has 0 bridgehead atoms. The van der Waals surface area contributed by atoms with Crippen molar-refractivity contribution in [2.45, 2.75) is 13.8 Å². The average molecular weight is 176 g/mol. The fourth-order valence-corrected chi connectivity index (χ4v) is 0.977. The largest absolute Gasteiger partial charge is 0.373 e. The van der Waals surface area contributed by atoms with E-state index in [9.17, 15) is 0 Å². The summed E-state index contributed by atoms with van der Waals surface area (Å²) in [6.45, 7) is 5.83. The van der Waals surface area contributed by atoms with Gasteiger partial charge in [-0.15, -0.1) is 0 Å². The lowest BCUT2D eigenvalue weighted by atomic mass is 10.2. The molecule has 1 aliphatic rings. The summed E-state index contributed by atoms with van der Waals surface area (Å²) < 4.78 is 4.83. The maximum Gasteiger partial charge on any atom is 0.0652 e. The average Bonchev–Trinajstić information content (AvgIpc) is 2.68. The van der Waals surface area contributed by atoms with Crippen LogP contribution in [0.25, 0.3) is 0 Å². The van der Waals surface area contributed by atoms with Gasteiger partial charge in [0, 0.05) is 0 Å². The van der Waals surface area contributed by atoms with Crippen molar-refractivity contribution in [1.29, 1.82) is 0 Å². The van der Waals surface area contributed by atoms with Gasteiger partial charge in [0.05, 0.1) is 13.2 Å². The van der Waals surface area contributed by atoms with Crippen molar-refractivity contribution in [2.24, 2.45) is 0 Å². The topological polar surface area (TPSA) is 9.23 Å². The zero-order chi connectivity index (χ0) is 9.52. The molecule has 1 aromatic carbocycles. The SMILES string of the molecule is C1=CCOC1.Cc1ccc(C)cc1. The first-order valence-corrected chi connectivity index (χ1v) is 4.55. The summed E-state index contributed by atoms with van der Waals surface area (Å²) in [6, 6.07) is 8.48. The van der Waals surface area contributed by atoms with E-state index in [1.807, 2.05) is 12.2 Å². The molecule has 1 nitrogen and oxygen atoms in total. The Morgan fingerprint density at radius 2 is 1.23 bits per heavy atom. The maximum absolute atomic E-state index is 4.83. The van der Waals surface area contributed by atoms with Crippen LogP contribution in [0.1, 0.15) is 11.1 Å². The molecule has 1 heterocycles. The summed E-state index contributed by atoms with van der Waals surface area (Å²) in [5.41, 5.74) is 2.66. The van der Waals surface area contributed by atoms with Crippen LogP contribution in [0, 0.1) is 13.8 Å². The summed E-state index contributed by atoms with van der Waals surface area (Å²) in [5, 5.41) is 0. The molecule has 0 fully saturated rings. The molecule has 0 spiro atoms. The molecule has 0 aliphatic carbocycles. The molecule has 0 aromatic heterocycles. The standard InChI is InChI=1S/C8H10.C4H6O/c1-7-3-5-8(2)6-4-7;1-2-4-5-3-1/h3-6H,1-2H3;1-2H,3-4H2. The summed E-state index contributed by atoms with van der Waals surface area (Å²) in [4.78, 5) is 0. The van der Waals surface area contributed by atoms with Gasteiger partial charge in [0.2, 0.25) is 0 Å². The molecule has 70 valence electrons. The Bertz CT molecular complexity index is 232. The summed E-state index contributed by atoms with van der Waals surface area (Å²) in [6.07, 6.45) is 4.03. The quantitative estimate of drug-likeness (QED) is 0.552. The van der Waals surface area contributed by atoms with Gasteiger partial charge in [0.1, 0.15) is 0 Å². The third-order valence-corrected chi connectivity index (χ3v) is 1.81. The highest BCUT2D eigenvalue weighted by Crippen LogP contribution is 1.99. The van der Waals surface area contributed by atoms with Gasteiger partial charge in [0.25, 0.3) is 0 Å². The van der Waals surface area contributed by atoms with Crippen molar-refractivity contribution in [1.82, 2.24) is 0 Å². The van der Waals surface area contributed by atoms with Gasteiger partial charge in [-0.1, -0.05) is 47.5 Å². The minimum Gasteiger partial charge on any atom is -0.373 e. The summed E-state index contributed by atoms with van der Waals surface area (Å²) >= 11 is 0. The van der Waals surface area contributed by atoms with E-state index in [0.717, 1.165) is 13.2 Å². The summed E-state index contributed by atoms with van der Waals surface area (Å²) in [7, 11) is 0. The van der Waals surface area contributed by atoms with Crippen molar-refractivity contribution in [2.75, 3.05) is 13.2 Å². The molecule has 0 amide bonds. The second-order valence-electron chi connectivity index (χ2n) is 3.16. The van der Waals surface area contributed by atoms with Crippen molar-refractivity contribution >= 4 is 0 Å². The highest BCUT2D eigenvalue weighted by atomic mass is 16.5. The minimum absolute atomic E-state index is 0.819. The molecule has 13 heavy (non-hydrogen) atoms. The van der Waals surface area contributed by atoms with Crippen LogP contribution in [0.15, 0.2) is 36.4 Å². The normalized spacial score (nSPS) is 13.7. The number of benzene rings is 1. The zero-order valence-electron chi connectivity index (χ0n) is 8.29. The van der Waals surface area contributed by atoms with Crippen LogP contribution in [0.5, 0.6) is 0 Å². The predicted molar refractivity (Wildman–Crippen MR) is 55.9 cm³/mol.